The second-order valence-corrected chi connectivity index (χ2v) is 10.0. The Labute approximate surface area is 244 Å². The van der Waals surface area contributed by atoms with Crippen molar-refractivity contribution in [1.29, 1.82) is 0 Å². The summed E-state index contributed by atoms with van der Waals surface area (Å²) in [6.45, 7) is 0. The molecule has 0 saturated heterocycles. The molecule has 39 heavy (non-hydrogen) atoms. The Bertz CT molecular complexity index is 1700. The standard InChI is InChI=1S/C34H27N3.CH4.Pd/c1-6-19-34(20-7-1,33-16-5-9-22-36-33)26-17-18-29-28-13-2-3-15-31(28)37(32(29)24-26)27-12-10-11-25(23-27)30-14-4-8-21-35-30;;/h2-5,8-18,21-22H,1,6-7,19-20H2;1H4;/q-2;;+2. The maximum Gasteiger partial charge on any atom is 2.00 e. The van der Waals surface area contributed by atoms with E-state index in [1.165, 1.54) is 35.6 Å². The van der Waals surface area contributed by atoms with Crippen LogP contribution < -0.4 is 0 Å². The topological polar surface area (TPSA) is 30.7 Å². The Balaban J connectivity index is 0.00000154. The van der Waals surface area contributed by atoms with E-state index in [-0.39, 0.29) is 33.3 Å². The fourth-order valence-corrected chi connectivity index (χ4v) is 6.15. The predicted octanol–water partition coefficient (Wildman–Crippen LogP) is 8.72. The SMILES string of the molecule is C.[Pd+2].[c-]1c(-c2ccccn2)cccc1-n1c2[c-]c(C3(c4ccccn4)CCCCC3)ccc2c2ccccc21. The van der Waals surface area contributed by atoms with Crippen LogP contribution in [0.15, 0.2) is 103 Å². The van der Waals surface area contributed by atoms with Crippen LogP contribution in [0.3, 0.4) is 0 Å². The predicted molar refractivity (Wildman–Crippen MR) is 157 cm³/mol. The van der Waals surface area contributed by atoms with Crippen LogP contribution in [-0.4, -0.2) is 14.5 Å². The van der Waals surface area contributed by atoms with Gasteiger partial charge in [-0.15, -0.1) is 40.8 Å². The van der Waals surface area contributed by atoms with Gasteiger partial charge in [0.25, 0.3) is 0 Å². The van der Waals surface area contributed by atoms with Crippen molar-refractivity contribution >= 4 is 21.8 Å². The second kappa shape index (κ2) is 11.3. The van der Waals surface area contributed by atoms with Gasteiger partial charge in [-0.1, -0.05) is 68.6 Å². The first-order valence-electron chi connectivity index (χ1n) is 13.2. The third-order valence-corrected chi connectivity index (χ3v) is 7.92. The molecule has 3 nitrogen and oxygen atoms in total. The van der Waals surface area contributed by atoms with Gasteiger partial charge in [-0.25, -0.2) is 0 Å². The second-order valence-electron chi connectivity index (χ2n) is 10.0. The van der Waals surface area contributed by atoms with E-state index in [1.54, 1.807) is 0 Å². The molecule has 0 spiro atoms. The molecule has 0 radical (unpaired) electrons. The number of nitrogens with zero attached hydrogens (tertiary/aromatic N) is 3. The van der Waals surface area contributed by atoms with E-state index in [4.69, 9.17) is 4.98 Å². The minimum absolute atomic E-state index is 0. The normalized spacial score (nSPS) is 14.5. The van der Waals surface area contributed by atoms with Crippen LogP contribution in [0.4, 0.5) is 0 Å². The molecule has 0 unspecified atom stereocenters. The van der Waals surface area contributed by atoms with Gasteiger partial charge in [-0.2, -0.15) is 18.2 Å². The van der Waals surface area contributed by atoms with Crippen molar-refractivity contribution < 1.29 is 20.4 Å². The summed E-state index contributed by atoms with van der Waals surface area (Å²) in [5.41, 5.74) is 7.46. The summed E-state index contributed by atoms with van der Waals surface area (Å²) in [6.07, 6.45) is 9.68. The first kappa shape index (κ1) is 27.0. The Morgan fingerprint density at radius 2 is 1.44 bits per heavy atom. The van der Waals surface area contributed by atoms with Crippen LogP contribution in [-0.2, 0) is 25.8 Å². The number of benzene rings is 3. The van der Waals surface area contributed by atoms with Crippen LogP contribution in [0.1, 0.15) is 50.8 Å². The largest absolute Gasteiger partial charge is 2.00 e. The van der Waals surface area contributed by atoms with Crippen LogP contribution in [0.5, 0.6) is 0 Å². The van der Waals surface area contributed by atoms with Crippen LogP contribution in [0.2, 0.25) is 0 Å². The first-order chi connectivity index (χ1) is 18.3. The molecule has 3 heterocycles. The molecular weight excluding hydrogens is 569 g/mol. The number of aromatic nitrogens is 3. The van der Waals surface area contributed by atoms with Gasteiger partial charge in [0, 0.05) is 29.0 Å². The quantitative estimate of drug-likeness (QED) is 0.150. The molecule has 4 heteroatoms. The average Bonchev–Trinajstić information content (AvgIpc) is 3.32. The molecule has 196 valence electrons. The summed E-state index contributed by atoms with van der Waals surface area (Å²) in [7, 11) is 0. The van der Waals surface area contributed by atoms with E-state index in [2.05, 4.69) is 88.4 Å². The van der Waals surface area contributed by atoms with Crippen molar-refractivity contribution in [3.63, 3.8) is 0 Å². The third-order valence-electron chi connectivity index (χ3n) is 7.92. The van der Waals surface area contributed by atoms with Gasteiger partial charge in [0.1, 0.15) is 0 Å². The number of hydrogen-bond acceptors (Lipinski definition) is 2. The minimum atomic E-state index is -0.103. The summed E-state index contributed by atoms with van der Waals surface area (Å²) in [5.74, 6) is 0. The fraction of sp³-hybridized carbons (Fsp3) is 0.200. The zero-order valence-electron chi connectivity index (χ0n) is 21.0. The molecule has 1 saturated carbocycles. The van der Waals surface area contributed by atoms with Gasteiger partial charge in [0.15, 0.2) is 0 Å². The molecule has 3 aromatic carbocycles. The van der Waals surface area contributed by atoms with Crippen molar-refractivity contribution in [2.45, 2.75) is 44.9 Å². The first-order valence-corrected chi connectivity index (χ1v) is 13.2. The van der Waals surface area contributed by atoms with Crippen molar-refractivity contribution in [2.24, 2.45) is 0 Å². The van der Waals surface area contributed by atoms with Crippen LogP contribution >= 0.6 is 0 Å². The van der Waals surface area contributed by atoms with Crippen molar-refractivity contribution in [3.8, 4) is 16.9 Å². The molecule has 0 bridgehead atoms. The smallest absolute Gasteiger partial charge is 0.352 e. The monoisotopic (exact) mass is 599 g/mol. The van der Waals surface area contributed by atoms with E-state index in [0.717, 1.165) is 46.5 Å². The van der Waals surface area contributed by atoms with Crippen LogP contribution in [0, 0.1) is 12.1 Å². The van der Waals surface area contributed by atoms with Crippen molar-refractivity contribution in [1.82, 2.24) is 14.5 Å². The van der Waals surface area contributed by atoms with E-state index < -0.39 is 0 Å². The van der Waals surface area contributed by atoms with Gasteiger partial charge in [0.05, 0.1) is 0 Å². The zero-order chi connectivity index (χ0) is 24.7. The minimum Gasteiger partial charge on any atom is -0.352 e. The summed E-state index contributed by atoms with van der Waals surface area (Å²) >= 11 is 0. The molecule has 1 aliphatic carbocycles. The summed E-state index contributed by atoms with van der Waals surface area (Å²) in [6, 6.07) is 39.4. The summed E-state index contributed by atoms with van der Waals surface area (Å²) in [4.78, 5) is 9.42. The number of fused-ring (bicyclic) bond motifs is 3. The van der Waals surface area contributed by atoms with E-state index in [0.29, 0.717) is 0 Å². The molecule has 0 aliphatic heterocycles. The van der Waals surface area contributed by atoms with Gasteiger partial charge in [-0.05, 0) is 53.9 Å². The Hall–Kier alpha value is -3.58. The molecule has 1 fully saturated rings. The van der Waals surface area contributed by atoms with Gasteiger partial charge in [0.2, 0.25) is 0 Å². The Morgan fingerprint density at radius 1 is 0.667 bits per heavy atom. The molecule has 0 N–H and O–H groups in total. The molecule has 0 amide bonds. The molecule has 7 rings (SSSR count). The van der Waals surface area contributed by atoms with Crippen molar-refractivity contribution in [3.05, 3.63) is 127 Å². The van der Waals surface area contributed by atoms with E-state index >= 15 is 0 Å². The van der Waals surface area contributed by atoms with Gasteiger partial charge >= 0.3 is 20.4 Å². The van der Waals surface area contributed by atoms with E-state index in [1.807, 2.05) is 36.7 Å². The number of pyridine rings is 2. The molecule has 1 aliphatic rings. The van der Waals surface area contributed by atoms with Gasteiger partial charge in [-0.3, -0.25) is 4.98 Å². The third kappa shape index (κ3) is 4.63. The number of para-hydroxylation sites is 1. The molecule has 0 atom stereocenters. The maximum absolute atomic E-state index is 4.86. The van der Waals surface area contributed by atoms with E-state index in [9.17, 15) is 0 Å². The summed E-state index contributed by atoms with van der Waals surface area (Å²) < 4.78 is 2.32. The number of hydrogen-bond donors (Lipinski definition) is 0. The molecular formula is C35H31N3Pd. The Kier molecular flexibility index (Phi) is 7.80. The van der Waals surface area contributed by atoms with Crippen LogP contribution in [0.25, 0.3) is 38.8 Å². The number of rotatable bonds is 4. The van der Waals surface area contributed by atoms with Crippen molar-refractivity contribution in [2.75, 3.05) is 0 Å². The fourth-order valence-electron chi connectivity index (χ4n) is 6.15. The Morgan fingerprint density at radius 3 is 2.21 bits per heavy atom. The average molecular weight is 600 g/mol. The molecule has 3 aromatic heterocycles. The van der Waals surface area contributed by atoms with Gasteiger partial charge < -0.3 is 9.55 Å². The molecule has 6 aromatic rings. The maximum atomic E-state index is 4.86. The summed E-state index contributed by atoms with van der Waals surface area (Å²) in [5, 5.41) is 2.44. The zero-order valence-corrected chi connectivity index (χ0v) is 22.6.